The van der Waals surface area contributed by atoms with Gasteiger partial charge in [0.25, 0.3) is 0 Å². The SMILES string of the molecule is Cc1ccc(CNC(=O)CN2C(=O)CSc3ccccc32)cn1. The van der Waals surface area contributed by atoms with Gasteiger partial charge < -0.3 is 10.2 Å². The number of carbonyl (C=O) groups is 2. The average molecular weight is 327 g/mol. The number of thioether (sulfide) groups is 1. The molecule has 0 spiro atoms. The summed E-state index contributed by atoms with van der Waals surface area (Å²) in [6.45, 7) is 2.36. The van der Waals surface area contributed by atoms with E-state index in [1.165, 1.54) is 11.8 Å². The third kappa shape index (κ3) is 3.71. The minimum absolute atomic E-state index is 0.0374. The molecule has 6 heteroatoms. The first-order valence-corrected chi connectivity index (χ1v) is 8.32. The number of rotatable bonds is 4. The van der Waals surface area contributed by atoms with Gasteiger partial charge in [0.1, 0.15) is 6.54 Å². The highest BCUT2D eigenvalue weighted by molar-refractivity contribution is 8.00. The Morgan fingerprint density at radius 1 is 1.30 bits per heavy atom. The first kappa shape index (κ1) is 15.6. The summed E-state index contributed by atoms with van der Waals surface area (Å²) in [6.07, 6.45) is 1.74. The van der Waals surface area contributed by atoms with Gasteiger partial charge >= 0.3 is 0 Å². The number of para-hydroxylation sites is 1. The van der Waals surface area contributed by atoms with Crippen molar-refractivity contribution in [1.29, 1.82) is 0 Å². The van der Waals surface area contributed by atoms with E-state index in [1.54, 1.807) is 11.1 Å². The number of aromatic nitrogens is 1. The zero-order chi connectivity index (χ0) is 16.2. The Morgan fingerprint density at radius 3 is 2.91 bits per heavy atom. The monoisotopic (exact) mass is 327 g/mol. The van der Waals surface area contributed by atoms with Crippen LogP contribution in [0.5, 0.6) is 0 Å². The summed E-state index contributed by atoms with van der Waals surface area (Å²) < 4.78 is 0. The molecule has 1 aliphatic rings. The minimum Gasteiger partial charge on any atom is -0.350 e. The Balaban J connectivity index is 1.63. The summed E-state index contributed by atoms with van der Waals surface area (Å²) >= 11 is 1.51. The van der Waals surface area contributed by atoms with Gasteiger partial charge in [-0.15, -0.1) is 11.8 Å². The molecule has 1 aromatic carbocycles. The molecule has 0 saturated carbocycles. The van der Waals surface area contributed by atoms with Crippen molar-refractivity contribution in [2.45, 2.75) is 18.4 Å². The van der Waals surface area contributed by atoms with Crippen LogP contribution in [0.2, 0.25) is 0 Å². The van der Waals surface area contributed by atoms with Crippen molar-refractivity contribution in [3.63, 3.8) is 0 Å². The van der Waals surface area contributed by atoms with Gasteiger partial charge in [-0.05, 0) is 30.7 Å². The first-order chi connectivity index (χ1) is 11.1. The van der Waals surface area contributed by atoms with Gasteiger partial charge in [0.05, 0.1) is 11.4 Å². The van der Waals surface area contributed by atoms with Gasteiger partial charge in [-0.25, -0.2) is 0 Å². The number of amides is 2. The highest BCUT2D eigenvalue weighted by Gasteiger charge is 2.25. The lowest BCUT2D eigenvalue weighted by atomic mass is 10.2. The number of fused-ring (bicyclic) bond motifs is 1. The van der Waals surface area contributed by atoms with Gasteiger partial charge in [0.15, 0.2) is 0 Å². The van der Waals surface area contributed by atoms with Gasteiger partial charge in [-0.1, -0.05) is 18.2 Å². The Morgan fingerprint density at radius 2 is 2.13 bits per heavy atom. The molecule has 1 aromatic heterocycles. The molecule has 0 atom stereocenters. The van der Waals surface area contributed by atoms with Crippen LogP contribution in [0, 0.1) is 6.92 Å². The summed E-state index contributed by atoms with van der Waals surface area (Å²) in [5.41, 5.74) is 2.68. The summed E-state index contributed by atoms with van der Waals surface area (Å²) in [5.74, 6) is 0.146. The van der Waals surface area contributed by atoms with Gasteiger partial charge in [0, 0.05) is 23.3 Å². The van der Waals surface area contributed by atoms with E-state index in [0.29, 0.717) is 12.3 Å². The van der Waals surface area contributed by atoms with Crippen LogP contribution in [-0.2, 0) is 16.1 Å². The summed E-state index contributed by atoms with van der Waals surface area (Å²) in [7, 11) is 0. The molecule has 2 aromatic rings. The lowest BCUT2D eigenvalue weighted by molar-refractivity contribution is -0.123. The van der Waals surface area contributed by atoms with Crippen molar-refractivity contribution in [3.05, 3.63) is 53.9 Å². The zero-order valence-electron chi connectivity index (χ0n) is 12.8. The molecule has 1 N–H and O–H groups in total. The first-order valence-electron chi connectivity index (χ1n) is 7.34. The number of hydrogen-bond acceptors (Lipinski definition) is 4. The zero-order valence-corrected chi connectivity index (χ0v) is 13.6. The number of nitrogens with zero attached hydrogens (tertiary/aromatic N) is 2. The van der Waals surface area contributed by atoms with E-state index in [0.717, 1.165) is 21.8 Å². The lowest BCUT2D eigenvalue weighted by Crippen LogP contribution is -2.43. The van der Waals surface area contributed by atoms with Gasteiger partial charge in [-0.2, -0.15) is 0 Å². The van der Waals surface area contributed by atoms with E-state index in [2.05, 4.69) is 10.3 Å². The molecule has 0 bridgehead atoms. The largest absolute Gasteiger partial charge is 0.350 e. The predicted octanol–water partition coefficient (Wildman–Crippen LogP) is 2.15. The molecule has 3 rings (SSSR count). The molecule has 118 valence electrons. The molecule has 5 nitrogen and oxygen atoms in total. The van der Waals surface area contributed by atoms with Crippen molar-refractivity contribution < 1.29 is 9.59 Å². The van der Waals surface area contributed by atoms with Crippen LogP contribution in [0.15, 0.2) is 47.5 Å². The van der Waals surface area contributed by atoms with E-state index < -0.39 is 0 Å². The Labute approximate surface area is 139 Å². The van der Waals surface area contributed by atoms with E-state index in [1.807, 2.05) is 43.3 Å². The number of anilines is 1. The second-order valence-electron chi connectivity index (χ2n) is 5.32. The van der Waals surface area contributed by atoms with Crippen LogP contribution in [0.1, 0.15) is 11.3 Å². The number of benzene rings is 1. The maximum Gasteiger partial charge on any atom is 0.240 e. The molecule has 1 aliphatic heterocycles. The van der Waals surface area contributed by atoms with Crippen molar-refractivity contribution in [3.8, 4) is 0 Å². The maximum atomic E-state index is 12.2. The molecule has 0 fully saturated rings. The fourth-order valence-corrected chi connectivity index (χ4v) is 3.27. The molecular formula is C17H17N3O2S. The van der Waals surface area contributed by atoms with Crippen LogP contribution in [-0.4, -0.2) is 29.1 Å². The molecule has 0 radical (unpaired) electrons. The Hall–Kier alpha value is -2.34. The highest BCUT2D eigenvalue weighted by Crippen LogP contribution is 2.34. The standard InChI is InChI=1S/C17H17N3O2S/c1-12-6-7-13(8-18-12)9-19-16(21)10-20-14-4-2-3-5-15(14)23-11-17(20)22/h2-8H,9-11H2,1H3,(H,19,21). The van der Waals surface area contributed by atoms with Gasteiger partial charge in [-0.3, -0.25) is 14.6 Å². The molecule has 0 aliphatic carbocycles. The summed E-state index contributed by atoms with van der Waals surface area (Å²) in [5, 5.41) is 2.84. The van der Waals surface area contributed by atoms with Gasteiger partial charge in [0.2, 0.25) is 11.8 Å². The Bertz CT molecular complexity index is 731. The predicted molar refractivity (Wildman–Crippen MR) is 90.3 cm³/mol. The molecule has 2 amide bonds. The average Bonchev–Trinajstić information content (AvgIpc) is 2.57. The second kappa shape index (κ2) is 6.83. The molecule has 0 unspecified atom stereocenters. The second-order valence-corrected chi connectivity index (χ2v) is 6.34. The molecule has 2 heterocycles. The molecule has 23 heavy (non-hydrogen) atoms. The molecular weight excluding hydrogens is 310 g/mol. The van der Waals surface area contributed by atoms with Crippen LogP contribution in [0.3, 0.4) is 0 Å². The number of nitrogens with one attached hydrogen (secondary N) is 1. The van der Waals surface area contributed by atoms with Crippen molar-refractivity contribution in [1.82, 2.24) is 10.3 Å². The van der Waals surface area contributed by atoms with Crippen molar-refractivity contribution >= 4 is 29.3 Å². The number of carbonyl (C=O) groups excluding carboxylic acids is 2. The summed E-state index contributed by atoms with van der Waals surface area (Å²) in [6, 6.07) is 11.5. The topological polar surface area (TPSA) is 62.3 Å². The van der Waals surface area contributed by atoms with Crippen LogP contribution >= 0.6 is 11.8 Å². The number of aryl methyl sites for hydroxylation is 1. The maximum absolute atomic E-state index is 12.2. The van der Waals surface area contributed by atoms with Crippen molar-refractivity contribution in [2.24, 2.45) is 0 Å². The van der Waals surface area contributed by atoms with Crippen molar-refractivity contribution in [2.75, 3.05) is 17.2 Å². The highest BCUT2D eigenvalue weighted by atomic mass is 32.2. The number of pyridine rings is 1. The van der Waals surface area contributed by atoms with E-state index in [9.17, 15) is 9.59 Å². The fraction of sp³-hybridized carbons (Fsp3) is 0.235. The normalized spacial score (nSPS) is 13.6. The van der Waals surface area contributed by atoms with Crippen LogP contribution in [0.4, 0.5) is 5.69 Å². The molecule has 0 saturated heterocycles. The van der Waals surface area contributed by atoms with E-state index in [-0.39, 0.29) is 18.4 Å². The minimum atomic E-state index is -0.180. The quantitative estimate of drug-likeness (QED) is 0.934. The summed E-state index contributed by atoms with van der Waals surface area (Å²) in [4.78, 5) is 31.1. The van der Waals surface area contributed by atoms with E-state index >= 15 is 0 Å². The fourth-order valence-electron chi connectivity index (χ4n) is 2.33. The third-order valence-electron chi connectivity index (χ3n) is 3.57. The lowest BCUT2D eigenvalue weighted by Gasteiger charge is -2.28. The number of hydrogen-bond donors (Lipinski definition) is 1. The van der Waals surface area contributed by atoms with E-state index in [4.69, 9.17) is 0 Å². The van der Waals surface area contributed by atoms with Crippen LogP contribution in [0.25, 0.3) is 0 Å². The Kier molecular flexibility index (Phi) is 4.62. The third-order valence-corrected chi connectivity index (χ3v) is 4.62. The van der Waals surface area contributed by atoms with Crippen LogP contribution < -0.4 is 10.2 Å². The smallest absolute Gasteiger partial charge is 0.240 e.